The molecule has 0 bridgehead atoms. The van der Waals surface area contributed by atoms with Crippen molar-refractivity contribution < 1.29 is 14.6 Å². The zero-order valence-electron chi connectivity index (χ0n) is 14.7. The summed E-state index contributed by atoms with van der Waals surface area (Å²) in [5.41, 5.74) is 3.89. The number of benzene rings is 2. The quantitative estimate of drug-likeness (QED) is 0.696. The number of hydrogen-bond donors (Lipinski definition) is 2. The molecule has 5 nitrogen and oxygen atoms in total. The molecule has 6 heteroatoms. The van der Waals surface area contributed by atoms with Crippen LogP contribution in [0.3, 0.4) is 0 Å². The first-order valence-corrected chi connectivity index (χ1v) is 8.81. The maximum atomic E-state index is 12.1. The standard InChI is InChI=1S/C20H20ClN3O2/c1-13-6-8-15(9-7-13)18-11-20(26-24-18)23-19(25)12-22-14(2)16-4-3-5-17(21)10-16/h3-11,14,22H,12H2,1-2H3,(H,23,25)/p+1/t14-/m0/s1. The van der Waals surface area contributed by atoms with Gasteiger partial charge in [-0.25, -0.2) is 0 Å². The Morgan fingerprint density at radius 1 is 1.23 bits per heavy atom. The average Bonchev–Trinajstić information content (AvgIpc) is 3.08. The lowest BCUT2D eigenvalue weighted by molar-refractivity contribution is -0.682. The predicted octanol–water partition coefficient (Wildman–Crippen LogP) is 3.57. The average molecular weight is 371 g/mol. The van der Waals surface area contributed by atoms with Crippen LogP contribution in [0.5, 0.6) is 0 Å². The van der Waals surface area contributed by atoms with E-state index in [1.165, 1.54) is 5.56 Å². The van der Waals surface area contributed by atoms with E-state index in [2.05, 4.69) is 10.5 Å². The lowest BCUT2D eigenvalue weighted by Gasteiger charge is -2.10. The first-order valence-electron chi connectivity index (χ1n) is 8.43. The summed E-state index contributed by atoms with van der Waals surface area (Å²) >= 11 is 6.01. The Balaban J connectivity index is 1.54. The number of aryl methyl sites for hydroxylation is 1. The Kier molecular flexibility index (Phi) is 5.71. The summed E-state index contributed by atoms with van der Waals surface area (Å²) in [6.45, 7) is 4.33. The summed E-state index contributed by atoms with van der Waals surface area (Å²) in [5, 5.41) is 9.38. The lowest BCUT2D eigenvalue weighted by Crippen LogP contribution is -2.86. The van der Waals surface area contributed by atoms with Gasteiger partial charge < -0.3 is 9.84 Å². The number of hydrogen-bond acceptors (Lipinski definition) is 3. The summed E-state index contributed by atoms with van der Waals surface area (Å²) in [4.78, 5) is 12.1. The van der Waals surface area contributed by atoms with E-state index in [0.717, 1.165) is 11.1 Å². The minimum atomic E-state index is -0.148. The van der Waals surface area contributed by atoms with Gasteiger partial charge in [-0.3, -0.25) is 10.1 Å². The summed E-state index contributed by atoms with van der Waals surface area (Å²) in [5.74, 6) is 0.194. The number of rotatable bonds is 6. The molecule has 0 aliphatic rings. The molecule has 3 aromatic rings. The zero-order valence-corrected chi connectivity index (χ0v) is 15.5. The Labute approximate surface area is 157 Å². The number of anilines is 1. The highest BCUT2D eigenvalue weighted by Gasteiger charge is 2.14. The van der Waals surface area contributed by atoms with Gasteiger partial charge >= 0.3 is 0 Å². The number of nitrogens with zero attached hydrogens (tertiary/aromatic N) is 1. The second kappa shape index (κ2) is 8.17. The number of nitrogens with one attached hydrogen (secondary N) is 1. The maximum absolute atomic E-state index is 12.1. The Hall–Kier alpha value is -2.63. The Morgan fingerprint density at radius 2 is 2.00 bits per heavy atom. The summed E-state index contributed by atoms with van der Waals surface area (Å²) in [7, 11) is 0. The van der Waals surface area contributed by atoms with Crippen LogP contribution in [0.1, 0.15) is 24.1 Å². The van der Waals surface area contributed by atoms with E-state index < -0.39 is 0 Å². The molecule has 0 fully saturated rings. The molecule has 0 radical (unpaired) electrons. The molecule has 0 aliphatic carbocycles. The number of halogens is 1. The Morgan fingerprint density at radius 3 is 2.73 bits per heavy atom. The number of carbonyl (C=O) groups is 1. The lowest BCUT2D eigenvalue weighted by atomic mass is 10.1. The van der Waals surface area contributed by atoms with Crippen molar-refractivity contribution in [3.8, 4) is 11.3 Å². The molecule has 0 spiro atoms. The fourth-order valence-electron chi connectivity index (χ4n) is 2.59. The van der Waals surface area contributed by atoms with Crippen LogP contribution in [0.2, 0.25) is 5.02 Å². The van der Waals surface area contributed by atoms with E-state index in [-0.39, 0.29) is 18.5 Å². The largest absolute Gasteiger partial charge is 0.338 e. The van der Waals surface area contributed by atoms with Crippen molar-refractivity contribution in [2.75, 3.05) is 11.9 Å². The highest BCUT2D eigenvalue weighted by molar-refractivity contribution is 6.30. The third-order valence-electron chi connectivity index (χ3n) is 4.15. The molecule has 26 heavy (non-hydrogen) atoms. The van der Waals surface area contributed by atoms with E-state index in [0.29, 0.717) is 16.6 Å². The van der Waals surface area contributed by atoms with E-state index >= 15 is 0 Å². The maximum Gasteiger partial charge on any atom is 0.281 e. The molecule has 0 unspecified atom stereocenters. The van der Waals surface area contributed by atoms with Crippen LogP contribution in [0.25, 0.3) is 11.3 Å². The monoisotopic (exact) mass is 370 g/mol. The van der Waals surface area contributed by atoms with E-state index in [9.17, 15) is 4.79 Å². The highest BCUT2D eigenvalue weighted by atomic mass is 35.5. The molecular weight excluding hydrogens is 350 g/mol. The number of quaternary nitrogens is 1. The molecule has 0 saturated heterocycles. The SMILES string of the molecule is Cc1ccc(-c2cc(NC(=O)C[NH2+][C@@H](C)c3cccc(Cl)c3)on2)cc1. The molecule has 3 N–H and O–H groups in total. The van der Waals surface area contributed by atoms with Gasteiger partial charge in [0.25, 0.3) is 5.91 Å². The fraction of sp³-hybridized carbons (Fsp3) is 0.200. The van der Waals surface area contributed by atoms with Gasteiger partial charge in [0, 0.05) is 22.2 Å². The van der Waals surface area contributed by atoms with Crippen molar-refractivity contribution in [3.05, 3.63) is 70.7 Å². The minimum absolute atomic E-state index is 0.122. The molecule has 2 aromatic carbocycles. The molecular formula is C20H21ClN3O2+. The highest BCUT2D eigenvalue weighted by Crippen LogP contribution is 2.22. The van der Waals surface area contributed by atoms with Crippen molar-refractivity contribution in [1.82, 2.24) is 5.16 Å². The van der Waals surface area contributed by atoms with Crippen LogP contribution in [0, 0.1) is 6.92 Å². The van der Waals surface area contributed by atoms with Crippen molar-refractivity contribution in [3.63, 3.8) is 0 Å². The molecule has 0 saturated carbocycles. The first-order chi connectivity index (χ1) is 12.5. The molecule has 1 amide bonds. The molecule has 0 aliphatic heterocycles. The number of amides is 1. The second-order valence-electron chi connectivity index (χ2n) is 6.27. The van der Waals surface area contributed by atoms with Crippen molar-refractivity contribution in [1.29, 1.82) is 0 Å². The van der Waals surface area contributed by atoms with Crippen LogP contribution in [-0.2, 0) is 4.79 Å². The van der Waals surface area contributed by atoms with Gasteiger partial charge in [-0.15, -0.1) is 0 Å². The molecule has 3 rings (SSSR count). The van der Waals surface area contributed by atoms with Gasteiger partial charge in [-0.1, -0.05) is 58.7 Å². The van der Waals surface area contributed by atoms with Crippen LogP contribution in [0.15, 0.2) is 59.1 Å². The summed E-state index contributed by atoms with van der Waals surface area (Å²) < 4.78 is 5.21. The third-order valence-corrected chi connectivity index (χ3v) is 4.39. The van der Waals surface area contributed by atoms with Gasteiger partial charge in [0.1, 0.15) is 11.7 Å². The number of nitrogens with two attached hydrogens (primary N) is 1. The van der Waals surface area contributed by atoms with E-state index in [1.54, 1.807) is 6.07 Å². The predicted molar refractivity (Wildman–Crippen MR) is 102 cm³/mol. The van der Waals surface area contributed by atoms with Crippen LogP contribution >= 0.6 is 11.6 Å². The Bertz CT molecular complexity index is 890. The van der Waals surface area contributed by atoms with Crippen LogP contribution in [0.4, 0.5) is 5.88 Å². The first kappa shape index (κ1) is 18.2. The van der Waals surface area contributed by atoms with Gasteiger partial charge in [-0.05, 0) is 26.0 Å². The van der Waals surface area contributed by atoms with Crippen molar-refractivity contribution in [2.24, 2.45) is 0 Å². The van der Waals surface area contributed by atoms with Crippen LogP contribution in [-0.4, -0.2) is 17.6 Å². The molecule has 1 aromatic heterocycles. The molecule has 1 atom stereocenters. The second-order valence-corrected chi connectivity index (χ2v) is 6.71. The van der Waals surface area contributed by atoms with Gasteiger partial charge in [0.2, 0.25) is 5.88 Å². The third kappa shape index (κ3) is 4.71. The number of aromatic nitrogens is 1. The number of carbonyl (C=O) groups excluding carboxylic acids is 1. The summed E-state index contributed by atoms with van der Waals surface area (Å²) in [6.07, 6.45) is 0. The van der Waals surface area contributed by atoms with Gasteiger partial charge in [0.05, 0.1) is 0 Å². The fourth-order valence-corrected chi connectivity index (χ4v) is 2.79. The molecule has 1 heterocycles. The normalized spacial score (nSPS) is 12.0. The van der Waals surface area contributed by atoms with E-state index in [4.69, 9.17) is 16.1 Å². The van der Waals surface area contributed by atoms with Crippen molar-refractivity contribution in [2.45, 2.75) is 19.9 Å². The van der Waals surface area contributed by atoms with Gasteiger partial charge in [-0.2, -0.15) is 0 Å². The topological polar surface area (TPSA) is 71.7 Å². The van der Waals surface area contributed by atoms with Crippen LogP contribution < -0.4 is 10.6 Å². The van der Waals surface area contributed by atoms with E-state index in [1.807, 2.05) is 67.7 Å². The summed E-state index contributed by atoms with van der Waals surface area (Å²) in [6, 6.07) is 17.4. The van der Waals surface area contributed by atoms with Gasteiger partial charge in [0.15, 0.2) is 6.54 Å². The minimum Gasteiger partial charge on any atom is -0.338 e. The smallest absolute Gasteiger partial charge is 0.281 e. The van der Waals surface area contributed by atoms with Crippen molar-refractivity contribution >= 4 is 23.4 Å². The zero-order chi connectivity index (χ0) is 18.5. The molecule has 134 valence electrons.